The van der Waals surface area contributed by atoms with Crippen molar-refractivity contribution < 1.29 is 23.5 Å². The van der Waals surface area contributed by atoms with Crippen molar-refractivity contribution in [3.05, 3.63) is 101 Å². The van der Waals surface area contributed by atoms with Gasteiger partial charge < -0.3 is 4.74 Å². The lowest BCUT2D eigenvalue weighted by Gasteiger charge is -2.26. The molecule has 4 rings (SSSR count). The second-order valence-corrected chi connectivity index (χ2v) is 6.75. The summed E-state index contributed by atoms with van der Waals surface area (Å²) in [4.78, 5) is 38.4. The summed E-state index contributed by atoms with van der Waals surface area (Å²) in [5, 5.41) is 2.14. The fourth-order valence-electron chi connectivity index (χ4n) is 3.10. The van der Waals surface area contributed by atoms with E-state index in [1.165, 1.54) is 18.2 Å². The first-order valence-corrected chi connectivity index (χ1v) is 9.46. The van der Waals surface area contributed by atoms with Crippen LogP contribution in [0.25, 0.3) is 6.08 Å². The topological polar surface area (TPSA) is 75.7 Å². The molecule has 3 aromatic rings. The highest BCUT2D eigenvalue weighted by Gasteiger charge is 2.36. The largest absolute Gasteiger partial charge is 0.488 e. The number of carbonyl (C=O) groups is 3. The smallest absolute Gasteiger partial charge is 0.335 e. The quantitative estimate of drug-likeness (QED) is 0.503. The molecule has 3 aromatic carbocycles. The van der Waals surface area contributed by atoms with Gasteiger partial charge in [0.05, 0.1) is 5.69 Å². The third-order valence-corrected chi connectivity index (χ3v) is 4.64. The Morgan fingerprint density at radius 3 is 2.29 bits per heavy atom. The molecule has 31 heavy (non-hydrogen) atoms. The third kappa shape index (κ3) is 4.35. The van der Waals surface area contributed by atoms with E-state index in [2.05, 4.69) is 5.32 Å². The number of ether oxygens (including phenoxy) is 1. The van der Waals surface area contributed by atoms with Crippen molar-refractivity contribution in [2.75, 3.05) is 4.90 Å². The van der Waals surface area contributed by atoms with Gasteiger partial charge in [0, 0.05) is 5.56 Å². The SMILES string of the molecule is O=C1NC(=O)N(c2ccc(F)cc2)C(=O)/C1=C/c1ccccc1OCc1ccccc1. The highest BCUT2D eigenvalue weighted by atomic mass is 19.1. The summed E-state index contributed by atoms with van der Waals surface area (Å²) in [5.74, 6) is -1.65. The molecule has 1 N–H and O–H groups in total. The van der Waals surface area contributed by atoms with Crippen molar-refractivity contribution in [3.63, 3.8) is 0 Å². The van der Waals surface area contributed by atoms with Crippen molar-refractivity contribution in [1.29, 1.82) is 0 Å². The number of imide groups is 2. The Balaban J connectivity index is 1.64. The van der Waals surface area contributed by atoms with E-state index in [0.717, 1.165) is 22.6 Å². The van der Waals surface area contributed by atoms with Crippen LogP contribution in [0.5, 0.6) is 5.75 Å². The molecule has 1 saturated heterocycles. The van der Waals surface area contributed by atoms with Gasteiger partial charge in [-0.1, -0.05) is 48.5 Å². The Bertz CT molecular complexity index is 1170. The number of halogens is 1. The van der Waals surface area contributed by atoms with E-state index >= 15 is 0 Å². The Morgan fingerprint density at radius 2 is 1.55 bits per heavy atom. The number of carbonyl (C=O) groups excluding carboxylic acids is 3. The second kappa shape index (κ2) is 8.62. The number of barbiturate groups is 1. The number of hydrogen-bond donors (Lipinski definition) is 1. The van der Waals surface area contributed by atoms with Gasteiger partial charge in [-0.15, -0.1) is 0 Å². The molecule has 6 nitrogen and oxygen atoms in total. The second-order valence-electron chi connectivity index (χ2n) is 6.75. The van der Waals surface area contributed by atoms with Gasteiger partial charge in [0.1, 0.15) is 23.7 Å². The van der Waals surface area contributed by atoms with Gasteiger partial charge in [-0.2, -0.15) is 0 Å². The summed E-state index contributed by atoms with van der Waals surface area (Å²) in [5.41, 5.74) is 1.38. The van der Waals surface area contributed by atoms with Crippen LogP contribution in [-0.2, 0) is 16.2 Å². The standard InChI is InChI=1S/C24H17FN2O4/c25-18-10-12-19(13-11-18)27-23(29)20(22(28)26-24(27)30)14-17-8-4-5-9-21(17)31-15-16-6-2-1-3-7-16/h1-14H,15H2,(H,26,28,30)/b20-14+. The molecule has 1 aliphatic heterocycles. The number of rotatable bonds is 5. The summed E-state index contributed by atoms with van der Waals surface area (Å²) in [6.07, 6.45) is 1.38. The summed E-state index contributed by atoms with van der Waals surface area (Å²) < 4.78 is 19.1. The summed E-state index contributed by atoms with van der Waals surface area (Å²) in [6, 6.07) is 20.4. The molecular weight excluding hydrogens is 399 g/mol. The summed E-state index contributed by atoms with van der Waals surface area (Å²) in [7, 11) is 0. The van der Waals surface area contributed by atoms with Crippen LogP contribution in [0.15, 0.2) is 84.4 Å². The normalized spacial score (nSPS) is 15.2. The van der Waals surface area contributed by atoms with E-state index in [-0.39, 0.29) is 11.3 Å². The first kappa shape index (κ1) is 20.0. The van der Waals surface area contributed by atoms with Crippen LogP contribution in [0.1, 0.15) is 11.1 Å². The number of urea groups is 1. The molecule has 0 bridgehead atoms. The van der Waals surface area contributed by atoms with Gasteiger partial charge in [-0.25, -0.2) is 14.1 Å². The molecule has 0 atom stereocenters. The van der Waals surface area contributed by atoms with Gasteiger partial charge in [0.15, 0.2) is 0 Å². The Kier molecular flexibility index (Phi) is 5.57. The van der Waals surface area contributed by atoms with Crippen molar-refractivity contribution in [1.82, 2.24) is 5.32 Å². The molecule has 0 unspecified atom stereocenters. The van der Waals surface area contributed by atoms with Crippen molar-refractivity contribution in [2.24, 2.45) is 0 Å². The molecule has 0 spiro atoms. The molecule has 154 valence electrons. The monoisotopic (exact) mass is 416 g/mol. The highest BCUT2D eigenvalue weighted by Crippen LogP contribution is 2.26. The van der Waals surface area contributed by atoms with Crippen LogP contribution < -0.4 is 15.0 Å². The van der Waals surface area contributed by atoms with Gasteiger partial charge in [-0.3, -0.25) is 14.9 Å². The average Bonchev–Trinajstić information content (AvgIpc) is 2.78. The number of nitrogens with one attached hydrogen (secondary N) is 1. The molecule has 1 heterocycles. The number of anilines is 1. The van der Waals surface area contributed by atoms with Crippen LogP contribution >= 0.6 is 0 Å². The minimum Gasteiger partial charge on any atom is -0.488 e. The Labute approximate surface area is 177 Å². The lowest BCUT2D eigenvalue weighted by Crippen LogP contribution is -2.54. The molecule has 0 aliphatic carbocycles. The van der Waals surface area contributed by atoms with E-state index in [9.17, 15) is 18.8 Å². The van der Waals surface area contributed by atoms with Gasteiger partial charge >= 0.3 is 6.03 Å². The molecule has 0 aromatic heterocycles. The van der Waals surface area contributed by atoms with Crippen molar-refractivity contribution in [3.8, 4) is 5.75 Å². The zero-order chi connectivity index (χ0) is 21.8. The zero-order valence-corrected chi connectivity index (χ0v) is 16.2. The maximum absolute atomic E-state index is 13.2. The maximum atomic E-state index is 13.2. The minimum atomic E-state index is -0.896. The highest BCUT2D eigenvalue weighted by molar-refractivity contribution is 6.39. The summed E-state index contributed by atoms with van der Waals surface area (Å²) >= 11 is 0. The molecule has 0 radical (unpaired) electrons. The summed E-state index contributed by atoms with van der Waals surface area (Å²) in [6.45, 7) is 0.307. The fourth-order valence-corrected chi connectivity index (χ4v) is 3.10. The predicted molar refractivity (Wildman–Crippen MR) is 113 cm³/mol. The van der Waals surface area contributed by atoms with Crippen molar-refractivity contribution >= 4 is 29.6 Å². The number of nitrogens with zero attached hydrogens (tertiary/aromatic N) is 1. The van der Waals surface area contributed by atoms with Crippen LogP contribution in [0.3, 0.4) is 0 Å². The fraction of sp³-hybridized carbons (Fsp3) is 0.0417. The van der Waals surface area contributed by atoms with Gasteiger partial charge in [-0.05, 0) is 42.0 Å². The minimum absolute atomic E-state index is 0.149. The third-order valence-electron chi connectivity index (χ3n) is 4.64. The van der Waals surface area contributed by atoms with Gasteiger partial charge in [0.25, 0.3) is 11.8 Å². The number of hydrogen-bond acceptors (Lipinski definition) is 4. The lowest BCUT2D eigenvalue weighted by atomic mass is 10.1. The van der Waals surface area contributed by atoms with Crippen LogP contribution in [0, 0.1) is 5.82 Å². The van der Waals surface area contributed by atoms with E-state index in [1.807, 2.05) is 30.3 Å². The first-order chi connectivity index (χ1) is 15.0. The number of para-hydroxylation sites is 1. The van der Waals surface area contributed by atoms with Crippen LogP contribution in [-0.4, -0.2) is 17.8 Å². The van der Waals surface area contributed by atoms with Crippen LogP contribution in [0.2, 0.25) is 0 Å². The van der Waals surface area contributed by atoms with Crippen LogP contribution in [0.4, 0.5) is 14.9 Å². The number of amides is 4. The van der Waals surface area contributed by atoms with E-state index in [1.54, 1.807) is 24.3 Å². The Hall–Kier alpha value is -4.26. The zero-order valence-electron chi connectivity index (χ0n) is 16.2. The molecule has 1 aliphatic rings. The molecule has 0 saturated carbocycles. The lowest BCUT2D eigenvalue weighted by molar-refractivity contribution is -0.122. The molecular formula is C24H17FN2O4. The average molecular weight is 416 g/mol. The van der Waals surface area contributed by atoms with E-state index < -0.39 is 23.7 Å². The molecule has 1 fully saturated rings. The molecule has 7 heteroatoms. The van der Waals surface area contributed by atoms with E-state index in [0.29, 0.717) is 17.9 Å². The van der Waals surface area contributed by atoms with E-state index in [4.69, 9.17) is 4.74 Å². The first-order valence-electron chi connectivity index (χ1n) is 9.46. The maximum Gasteiger partial charge on any atom is 0.335 e. The molecule has 4 amide bonds. The van der Waals surface area contributed by atoms with Crippen molar-refractivity contribution in [2.45, 2.75) is 6.61 Å². The predicted octanol–water partition coefficient (Wildman–Crippen LogP) is 4.07. The number of benzene rings is 3. The van der Waals surface area contributed by atoms with Gasteiger partial charge in [0.2, 0.25) is 0 Å². The Morgan fingerprint density at radius 1 is 0.871 bits per heavy atom.